The molecule has 88 valence electrons. The van der Waals surface area contributed by atoms with E-state index in [1.165, 1.54) is 25.3 Å². The third kappa shape index (κ3) is 2.96. The molecule has 1 saturated heterocycles. The maximum Gasteiger partial charge on any atom is 0.127 e. The molecule has 0 aliphatic carbocycles. The van der Waals surface area contributed by atoms with Crippen molar-refractivity contribution in [2.75, 3.05) is 6.54 Å². The first-order valence-corrected chi connectivity index (χ1v) is 6.31. The van der Waals surface area contributed by atoms with Gasteiger partial charge in [-0.15, -0.1) is 0 Å². The summed E-state index contributed by atoms with van der Waals surface area (Å²) in [6, 6.07) is 5.42. The number of piperidine rings is 1. The van der Waals surface area contributed by atoms with Gasteiger partial charge >= 0.3 is 0 Å². The van der Waals surface area contributed by atoms with Gasteiger partial charge in [-0.1, -0.05) is 24.1 Å². The summed E-state index contributed by atoms with van der Waals surface area (Å²) in [4.78, 5) is 0. The second-order valence-electron chi connectivity index (χ2n) is 4.39. The van der Waals surface area contributed by atoms with Gasteiger partial charge in [-0.05, 0) is 44.4 Å². The van der Waals surface area contributed by atoms with Crippen molar-refractivity contribution in [3.63, 3.8) is 0 Å². The number of rotatable bonds is 3. The lowest BCUT2D eigenvalue weighted by atomic mass is 9.98. The minimum Gasteiger partial charge on any atom is -0.314 e. The summed E-state index contributed by atoms with van der Waals surface area (Å²) in [5, 5.41) is 4.01. The Morgan fingerprint density at radius 3 is 2.94 bits per heavy atom. The van der Waals surface area contributed by atoms with Gasteiger partial charge in [0.2, 0.25) is 0 Å². The smallest absolute Gasteiger partial charge is 0.127 e. The lowest BCUT2D eigenvalue weighted by molar-refractivity contribution is 0.381. The highest BCUT2D eigenvalue weighted by Gasteiger charge is 2.14. The van der Waals surface area contributed by atoms with Gasteiger partial charge in [0, 0.05) is 16.6 Å². The van der Waals surface area contributed by atoms with E-state index in [1.54, 1.807) is 12.1 Å². The van der Waals surface area contributed by atoms with Crippen LogP contribution < -0.4 is 5.32 Å². The van der Waals surface area contributed by atoms with E-state index in [0.717, 1.165) is 19.4 Å². The van der Waals surface area contributed by atoms with E-state index in [-0.39, 0.29) is 5.82 Å². The molecule has 0 spiro atoms. The Kier molecular flexibility index (Phi) is 4.19. The Hall–Kier alpha value is -0.600. The number of nitrogens with one attached hydrogen (secondary N) is 1. The molecule has 1 unspecified atom stereocenters. The van der Waals surface area contributed by atoms with Crippen LogP contribution in [0.5, 0.6) is 0 Å². The lowest BCUT2D eigenvalue weighted by Crippen LogP contribution is -2.34. The average Bonchev–Trinajstić information content (AvgIpc) is 2.30. The molecular formula is C13H17ClFN. The molecule has 0 radical (unpaired) electrons. The topological polar surface area (TPSA) is 12.0 Å². The number of hydrogen-bond donors (Lipinski definition) is 1. The molecule has 16 heavy (non-hydrogen) atoms. The van der Waals surface area contributed by atoms with Crippen LogP contribution in [-0.2, 0) is 6.42 Å². The molecule has 2 rings (SSSR count). The van der Waals surface area contributed by atoms with Crippen LogP contribution in [-0.4, -0.2) is 12.6 Å². The summed E-state index contributed by atoms with van der Waals surface area (Å²) in [6.07, 6.45) is 5.44. The first kappa shape index (κ1) is 11.9. The molecule has 1 fully saturated rings. The Labute approximate surface area is 101 Å². The van der Waals surface area contributed by atoms with E-state index in [2.05, 4.69) is 5.32 Å². The molecule has 1 N–H and O–H groups in total. The Morgan fingerprint density at radius 2 is 2.25 bits per heavy atom. The zero-order valence-corrected chi connectivity index (χ0v) is 10.1. The van der Waals surface area contributed by atoms with Crippen molar-refractivity contribution in [2.24, 2.45) is 0 Å². The summed E-state index contributed by atoms with van der Waals surface area (Å²) in [6.45, 7) is 1.09. The normalized spacial score (nSPS) is 21.0. The fourth-order valence-corrected chi connectivity index (χ4v) is 2.52. The highest BCUT2D eigenvalue weighted by Crippen LogP contribution is 2.22. The first-order chi connectivity index (χ1) is 7.77. The number of benzene rings is 1. The maximum absolute atomic E-state index is 13.5. The monoisotopic (exact) mass is 241 g/mol. The maximum atomic E-state index is 13.5. The zero-order valence-electron chi connectivity index (χ0n) is 9.31. The minimum atomic E-state index is -0.177. The second kappa shape index (κ2) is 5.65. The molecule has 1 nitrogen and oxygen atoms in total. The van der Waals surface area contributed by atoms with Crippen molar-refractivity contribution in [3.8, 4) is 0 Å². The summed E-state index contributed by atoms with van der Waals surface area (Å²) in [5.74, 6) is -0.177. The van der Waals surface area contributed by atoms with Crippen LogP contribution in [0.25, 0.3) is 0 Å². The van der Waals surface area contributed by atoms with Crippen molar-refractivity contribution in [2.45, 2.75) is 38.1 Å². The molecule has 0 saturated carbocycles. The highest BCUT2D eigenvalue weighted by molar-refractivity contribution is 6.31. The van der Waals surface area contributed by atoms with Gasteiger partial charge in [-0.3, -0.25) is 0 Å². The molecule has 1 aromatic carbocycles. The Balaban J connectivity index is 1.93. The molecular weight excluding hydrogens is 225 g/mol. The van der Waals surface area contributed by atoms with Crippen LogP contribution in [0.2, 0.25) is 5.02 Å². The SMILES string of the molecule is Fc1cccc(Cl)c1CCC1CCCCN1. The van der Waals surface area contributed by atoms with Gasteiger partial charge in [0.25, 0.3) is 0 Å². The third-order valence-electron chi connectivity index (χ3n) is 3.22. The van der Waals surface area contributed by atoms with Crippen LogP contribution in [0, 0.1) is 5.82 Å². The molecule has 1 aliphatic heterocycles. The molecule has 0 bridgehead atoms. The standard InChI is InChI=1S/C13H17ClFN/c14-12-5-3-6-13(15)11(12)8-7-10-4-1-2-9-16-10/h3,5-6,10,16H,1-2,4,7-9H2. The van der Waals surface area contributed by atoms with Crippen LogP contribution in [0.1, 0.15) is 31.2 Å². The lowest BCUT2D eigenvalue weighted by Gasteiger charge is -2.23. The van der Waals surface area contributed by atoms with Gasteiger partial charge in [-0.25, -0.2) is 4.39 Å². The van der Waals surface area contributed by atoms with Crippen LogP contribution >= 0.6 is 11.6 Å². The Bertz CT molecular complexity index is 328. The largest absolute Gasteiger partial charge is 0.314 e. The van der Waals surface area contributed by atoms with Gasteiger partial charge in [-0.2, -0.15) is 0 Å². The van der Waals surface area contributed by atoms with Crippen molar-refractivity contribution in [1.29, 1.82) is 0 Å². The quantitative estimate of drug-likeness (QED) is 0.854. The molecule has 1 aliphatic rings. The van der Waals surface area contributed by atoms with Crippen molar-refractivity contribution in [1.82, 2.24) is 5.32 Å². The molecule has 1 atom stereocenters. The van der Waals surface area contributed by atoms with Crippen molar-refractivity contribution in [3.05, 3.63) is 34.6 Å². The van der Waals surface area contributed by atoms with Crippen molar-refractivity contribution < 1.29 is 4.39 Å². The number of halogens is 2. The van der Waals surface area contributed by atoms with Crippen molar-refractivity contribution >= 4 is 11.6 Å². The molecule has 0 amide bonds. The number of hydrogen-bond acceptors (Lipinski definition) is 1. The summed E-state index contributed by atoms with van der Waals surface area (Å²) < 4.78 is 13.5. The fraction of sp³-hybridized carbons (Fsp3) is 0.538. The molecule has 1 heterocycles. The zero-order chi connectivity index (χ0) is 11.4. The second-order valence-corrected chi connectivity index (χ2v) is 4.79. The predicted octanol–water partition coefficient (Wildman–Crippen LogP) is 3.55. The summed E-state index contributed by atoms with van der Waals surface area (Å²) in [7, 11) is 0. The van der Waals surface area contributed by atoms with Crippen LogP contribution in [0.15, 0.2) is 18.2 Å². The third-order valence-corrected chi connectivity index (χ3v) is 3.57. The van der Waals surface area contributed by atoms with E-state index >= 15 is 0 Å². The van der Waals surface area contributed by atoms with E-state index in [1.807, 2.05) is 0 Å². The molecule has 0 aromatic heterocycles. The van der Waals surface area contributed by atoms with Crippen LogP contribution in [0.3, 0.4) is 0 Å². The molecule has 3 heteroatoms. The Morgan fingerprint density at radius 1 is 1.38 bits per heavy atom. The summed E-state index contributed by atoms with van der Waals surface area (Å²) >= 11 is 5.99. The van der Waals surface area contributed by atoms with Gasteiger partial charge in [0.15, 0.2) is 0 Å². The van der Waals surface area contributed by atoms with E-state index in [0.29, 0.717) is 16.6 Å². The average molecular weight is 242 g/mol. The van der Waals surface area contributed by atoms with Gasteiger partial charge in [0.05, 0.1) is 0 Å². The predicted molar refractivity (Wildman–Crippen MR) is 65.4 cm³/mol. The minimum absolute atomic E-state index is 0.177. The first-order valence-electron chi connectivity index (χ1n) is 5.93. The highest BCUT2D eigenvalue weighted by atomic mass is 35.5. The van der Waals surface area contributed by atoms with E-state index in [4.69, 9.17) is 11.6 Å². The van der Waals surface area contributed by atoms with E-state index in [9.17, 15) is 4.39 Å². The molecule has 1 aromatic rings. The summed E-state index contributed by atoms with van der Waals surface area (Å²) in [5.41, 5.74) is 0.663. The van der Waals surface area contributed by atoms with E-state index < -0.39 is 0 Å². The van der Waals surface area contributed by atoms with Gasteiger partial charge in [0.1, 0.15) is 5.82 Å². The van der Waals surface area contributed by atoms with Crippen LogP contribution in [0.4, 0.5) is 4.39 Å². The van der Waals surface area contributed by atoms with Gasteiger partial charge < -0.3 is 5.32 Å². The fourth-order valence-electron chi connectivity index (χ4n) is 2.26.